The van der Waals surface area contributed by atoms with Crippen molar-refractivity contribution >= 4 is 27.8 Å². The van der Waals surface area contributed by atoms with E-state index in [-0.39, 0.29) is 5.56 Å². The first-order chi connectivity index (χ1) is 11.6. The normalized spacial score (nSPS) is 11.2. The van der Waals surface area contributed by atoms with Gasteiger partial charge in [-0.3, -0.25) is 0 Å². The van der Waals surface area contributed by atoms with Crippen molar-refractivity contribution in [3.63, 3.8) is 0 Å². The third kappa shape index (κ3) is 2.07. The zero-order valence-electron chi connectivity index (χ0n) is 13.3. The molecule has 0 saturated heterocycles. The number of rotatable bonds is 2. The lowest BCUT2D eigenvalue weighted by atomic mass is 10.0. The summed E-state index contributed by atoms with van der Waals surface area (Å²) in [6.45, 7) is 3.89. The van der Waals surface area contributed by atoms with Crippen LogP contribution in [-0.2, 0) is 0 Å². The van der Waals surface area contributed by atoms with E-state index in [9.17, 15) is 9.90 Å². The van der Waals surface area contributed by atoms with Crippen LogP contribution in [0.25, 0.3) is 33.3 Å². The van der Waals surface area contributed by atoms with E-state index < -0.39 is 5.97 Å². The van der Waals surface area contributed by atoms with Gasteiger partial charge in [0.2, 0.25) is 0 Å². The maximum Gasteiger partial charge on any atom is 0.336 e. The van der Waals surface area contributed by atoms with E-state index in [1.54, 1.807) is 12.1 Å². The largest absolute Gasteiger partial charge is 0.478 e. The molecule has 0 fully saturated rings. The van der Waals surface area contributed by atoms with Crippen LogP contribution < -0.4 is 0 Å². The van der Waals surface area contributed by atoms with Crippen LogP contribution in [0.4, 0.5) is 0 Å². The second-order valence-electron chi connectivity index (χ2n) is 5.88. The van der Waals surface area contributed by atoms with Crippen LogP contribution in [0.5, 0.6) is 0 Å². The van der Waals surface area contributed by atoms with Crippen molar-refractivity contribution in [2.45, 2.75) is 13.8 Å². The molecule has 0 spiro atoms. The second-order valence-corrected chi connectivity index (χ2v) is 5.88. The Labute approximate surface area is 138 Å². The highest BCUT2D eigenvalue weighted by Gasteiger charge is 2.18. The van der Waals surface area contributed by atoms with Crippen LogP contribution in [0.2, 0.25) is 0 Å². The van der Waals surface area contributed by atoms with Crippen LogP contribution in [-0.4, -0.2) is 16.1 Å². The minimum Gasteiger partial charge on any atom is -0.478 e. The number of carboxylic acid groups (broad SMARTS) is 1. The highest BCUT2D eigenvalue weighted by molar-refractivity contribution is 6.04. The molecule has 2 heterocycles. The SMILES string of the molecule is Cc1c(-c2cc(C(=O)O)c3cccc(C)c3n2)oc2ccccc12. The molecule has 0 amide bonds. The molecule has 118 valence electrons. The average Bonchev–Trinajstić information content (AvgIpc) is 2.92. The molecule has 0 aliphatic carbocycles. The molecule has 2 aromatic heterocycles. The number of aryl methyl sites for hydroxylation is 2. The highest BCUT2D eigenvalue weighted by atomic mass is 16.4. The van der Waals surface area contributed by atoms with Crippen molar-refractivity contribution in [2.75, 3.05) is 0 Å². The first-order valence-corrected chi connectivity index (χ1v) is 7.68. The Morgan fingerprint density at radius 2 is 1.79 bits per heavy atom. The maximum absolute atomic E-state index is 11.7. The van der Waals surface area contributed by atoms with Crippen molar-refractivity contribution in [2.24, 2.45) is 0 Å². The number of aromatic nitrogens is 1. The van der Waals surface area contributed by atoms with Crippen molar-refractivity contribution in [1.29, 1.82) is 0 Å². The van der Waals surface area contributed by atoms with E-state index in [0.29, 0.717) is 22.4 Å². The van der Waals surface area contributed by atoms with E-state index >= 15 is 0 Å². The standard InChI is InChI=1S/C20H15NO3/c1-11-6-5-8-14-15(20(22)23)10-16(21-18(11)14)19-12(2)13-7-3-4-9-17(13)24-19/h3-10H,1-2H3,(H,22,23). The van der Waals surface area contributed by atoms with Crippen LogP contribution in [0.3, 0.4) is 0 Å². The minimum absolute atomic E-state index is 0.235. The smallest absolute Gasteiger partial charge is 0.336 e. The Morgan fingerprint density at radius 3 is 2.54 bits per heavy atom. The van der Waals surface area contributed by atoms with Gasteiger partial charge in [0.15, 0.2) is 5.76 Å². The summed E-state index contributed by atoms with van der Waals surface area (Å²) < 4.78 is 5.95. The molecule has 2 aromatic carbocycles. The van der Waals surface area contributed by atoms with Crippen molar-refractivity contribution in [1.82, 2.24) is 4.98 Å². The fraction of sp³-hybridized carbons (Fsp3) is 0.100. The first-order valence-electron chi connectivity index (χ1n) is 7.68. The average molecular weight is 317 g/mol. The van der Waals surface area contributed by atoms with Crippen molar-refractivity contribution in [3.05, 3.63) is 65.2 Å². The van der Waals surface area contributed by atoms with Gasteiger partial charge in [-0.25, -0.2) is 9.78 Å². The van der Waals surface area contributed by atoms with Gasteiger partial charge in [0, 0.05) is 16.3 Å². The lowest BCUT2D eigenvalue weighted by Crippen LogP contribution is -2.01. The highest BCUT2D eigenvalue weighted by Crippen LogP contribution is 2.34. The molecule has 4 heteroatoms. The number of hydrogen-bond acceptors (Lipinski definition) is 3. The molecule has 0 aliphatic rings. The second kappa shape index (κ2) is 5.20. The summed E-state index contributed by atoms with van der Waals surface area (Å²) in [5.41, 5.74) is 4.13. The summed E-state index contributed by atoms with van der Waals surface area (Å²) in [7, 11) is 0. The van der Waals surface area contributed by atoms with Crippen LogP contribution in [0.1, 0.15) is 21.5 Å². The third-order valence-corrected chi connectivity index (χ3v) is 4.35. The third-order valence-electron chi connectivity index (χ3n) is 4.35. The number of carbonyl (C=O) groups is 1. The number of benzene rings is 2. The van der Waals surface area contributed by atoms with Gasteiger partial charge in [-0.05, 0) is 31.5 Å². The predicted octanol–water partition coefficient (Wildman–Crippen LogP) is 4.96. The first kappa shape index (κ1) is 14.5. The zero-order chi connectivity index (χ0) is 16.8. The molecule has 0 atom stereocenters. The van der Waals surface area contributed by atoms with Crippen LogP contribution >= 0.6 is 0 Å². The Hall–Kier alpha value is -3.14. The lowest BCUT2D eigenvalue weighted by molar-refractivity contribution is 0.0699. The predicted molar refractivity (Wildman–Crippen MR) is 93.4 cm³/mol. The molecule has 4 nitrogen and oxygen atoms in total. The summed E-state index contributed by atoms with van der Waals surface area (Å²) in [6.07, 6.45) is 0. The molecule has 4 rings (SSSR count). The van der Waals surface area contributed by atoms with Gasteiger partial charge >= 0.3 is 5.97 Å². The van der Waals surface area contributed by atoms with Crippen LogP contribution in [0, 0.1) is 13.8 Å². The summed E-state index contributed by atoms with van der Waals surface area (Å²) in [5, 5.41) is 11.2. The Kier molecular flexibility index (Phi) is 3.13. The number of nitrogens with zero attached hydrogens (tertiary/aromatic N) is 1. The minimum atomic E-state index is -0.969. The van der Waals surface area contributed by atoms with E-state index in [0.717, 1.165) is 22.1 Å². The Morgan fingerprint density at radius 1 is 1.04 bits per heavy atom. The Balaban J connectivity index is 2.07. The van der Waals surface area contributed by atoms with E-state index in [1.807, 2.05) is 50.2 Å². The number of pyridine rings is 1. The zero-order valence-corrected chi connectivity index (χ0v) is 13.3. The molecule has 1 N–H and O–H groups in total. The van der Waals surface area contributed by atoms with Gasteiger partial charge < -0.3 is 9.52 Å². The monoisotopic (exact) mass is 317 g/mol. The van der Waals surface area contributed by atoms with E-state index in [1.165, 1.54) is 0 Å². The van der Waals surface area contributed by atoms with Gasteiger partial charge in [0.05, 0.1) is 11.1 Å². The van der Waals surface area contributed by atoms with Gasteiger partial charge in [0.25, 0.3) is 0 Å². The number of fused-ring (bicyclic) bond motifs is 2. The number of para-hydroxylation sites is 2. The van der Waals surface area contributed by atoms with Gasteiger partial charge in [-0.15, -0.1) is 0 Å². The maximum atomic E-state index is 11.7. The Bertz CT molecular complexity index is 1110. The van der Waals surface area contributed by atoms with E-state index in [2.05, 4.69) is 4.98 Å². The van der Waals surface area contributed by atoms with Crippen molar-refractivity contribution in [3.8, 4) is 11.5 Å². The quantitative estimate of drug-likeness (QED) is 0.567. The molecular formula is C20H15NO3. The number of hydrogen-bond donors (Lipinski definition) is 1. The molecule has 0 bridgehead atoms. The summed E-state index contributed by atoms with van der Waals surface area (Å²) in [4.78, 5) is 16.4. The number of furan rings is 1. The van der Waals surface area contributed by atoms with Crippen LogP contribution in [0.15, 0.2) is 52.9 Å². The number of carboxylic acids is 1. The van der Waals surface area contributed by atoms with E-state index in [4.69, 9.17) is 4.42 Å². The number of aromatic carboxylic acids is 1. The summed E-state index contributed by atoms with van der Waals surface area (Å²) >= 11 is 0. The summed E-state index contributed by atoms with van der Waals surface area (Å²) in [5.74, 6) is -0.355. The lowest BCUT2D eigenvalue weighted by Gasteiger charge is -2.08. The molecule has 24 heavy (non-hydrogen) atoms. The fourth-order valence-corrected chi connectivity index (χ4v) is 3.10. The fourth-order valence-electron chi connectivity index (χ4n) is 3.10. The topological polar surface area (TPSA) is 63.3 Å². The molecule has 4 aromatic rings. The van der Waals surface area contributed by atoms with Gasteiger partial charge in [-0.2, -0.15) is 0 Å². The molecule has 0 aliphatic heterocycles. The van der Waals surface area contributed by atoms with Gasteiger partial charge in [-0.1, -0.05) is 36.4 Å². The molecular weight excluding hydrogens is 302 g/mol. The molecule has 0 unspecified atom stereocenters. The molecule has 0 radical (unpaired) electrons. The summed E-state index contributed by atoms with van der Waals surface area (Å²) in [6, 6.07) is 14.9. The van der Waals surface area contributed by atoms with Gasteiger partial charge in [0.1, 0.15) is 11.3 Å². The van der Waals surface area contributed by atoms with Crippen molar-refractivity contribution < 1.29 is 14.3 Å². The molecule has 0 saturated carbocycles.